The molecule has 2 heterocycles. The van der Waals surface area contributed by atoms with E-state index in [1.807, 2.05) is 18.2 Å². The fraction of sp³-hybridized carbons (Fsp3) is 0.240. The lowest BCUT2D eigenvalue weighted by Gasteiger charge is -2.37. The van der Waals surface area contributed by atoms with Crippen molar-refractivity contribution in [3.05, 3.63) is 72.4 Å². The number of amides is 1. The van der Waals surface area contributed by atoms with E-state index in [1.165, 1.54) is 12.7 Å². The SMILES string of the molecule is COC(=O)NC1CCC1c1ccc(-n2c(-c3ccccc3)cc3nc(OC)ncc32)cc1. The number of fused-ring (bicyclic) bond motifs is 1. The fourth-order valence-corrected chi connectivity index (χ4v) is 4.32. The Balaban J connectivity index is 1.53. The third-order valence-corrected chi connectivity index (χ3v) is 6.13. The minimum atomic E-state index is -0.377. The first kappa shape index (κ1) is 20.1. The van der Waals surface area contributed by atoms with Crippen LogP contribution < -0.4 is 10.1 Å². The maximum atomic E-state index is 11.6. The second kappa shape index (κ2) is 8.34. The smallest absolute Gasteiger partial charge is 0.407 e. The van der Waals surface area contributed by atoms with Crippen molar-refractivity contribution < 1.29 is 14.3 Å². The van der Waals surface area contributed by atoms with Gasteiger partial charge in [-0.05, 0) is 42.2 Å². The molecule has 162 valence electrons. The fourth-order valence-electron chi connectivity index (χ4n) is 4.32. The predicted octanol–water partition coefficient (Wildman–Crippen LogP) is 4.70. The van der Waals surface area contributed by atoms with Gasteiger partial charge in [-0.25, -0.2) is 9.78 Å². The number of methoxy groups -OCH3 is 2. The van der Waals surface area contributed by atoms with Crippen LogP contribution in [0.2, 0.25) is 0 Å². The molecule has 7 heteroatoms. The van der Waals surface area contributed by atoms with Crippen LogP contribution in [0.3, 0.4) is 0 Å². The number of aromatic nitrogens is 3. The highest BCUT2D eigenvalue weighted by molar-refractivity contribution is 5.86. The van der Waals surface area contributed by atoms with Crippen LogP contribution in [0.25, 0.3) is 28.0 Å². The van der Waals surface area contributed by atoms with Gasteiger partial charge >= 0.3 is 12.1 Å². The van der Waals surface area contributed by atoms with E-state index in [1.54, 1.807) is 13.3 Å². The summed E-state index contributed by atoms with van der Waals surface area (Å²) < 4.78 is 12.1. The monoisotopic (exact) mass is 428 g/mol. The molecule has 0 radical (unpaired) electrons. The number of hydrogen-bond donors (Lipinski definition) is 1. The molecule has 2 aromatic carbocycles. The molecule has 7 nitrogen and oxygen atoms in total. The van der Waals surface area contributed by atoms with Crippen LogP contribution in [0.5, 0.6) is 6.01 Å². The number of nitrogens with one attached hydrogen (secondary N) is 1. The number of nitrogens with zero attached hydrogens (tertiary/aromatic N) is 3. The molecule has 1 N–H and O–H groups in total. The number of rotatable bonds is 5. The summed E-state index contributed by atoms with van der Waals surface area (Å²) in [6.45, 7) is 0. The van der Waals surface area contributed by atoms with E-state index in [9.17, 15) is 4.79 Å². The van der Waals surface area contributed by atoms with Crippen LogP contribution >= 0.6 is 0 Å². The van der Waals surface area contributed by atoms with Gasteiger partial charge in [-0.15, -0.1) is 0 Å². The van der Waals surface area contributed by atoms with Crippen molar-refractivity contribution in [2.45, 2.75) is 24.8 Å². The van der Waals surface area contributed by atoms with Gasteiger partial charge in [-0.1, -0.05) is 42.5 Å². The molecule has 0 saturated heterocycles. The molecule has 0 bridgehead atoms. The quantitative estimate of drug-likeness (QED) is 0.499. The van der Waals surface area contributed by atoms with Crippen molar-refractivity contribution in [1.29, 1.82) is 0 Å². The summed E-state index contributed by atoms with van der Waals surface area (Å²) in [5, 5.41) is 2.93. The minimum absolute atomic E-state index is 0.112. The molecule has 2 unspecified atom stereocenters. The molecular formula is C25H24N4O3. The van der Waals surface area contributed by atoms with Crippen molar-refractivity contribution in [2.24, 2.45) is 0 Å². The highest BCUT2D eigenvalue weighted by atomic mass is 16.5. The Hall–Kier alpha value is -3.87. The lowest BCUT2D eigenvalue weighted by Crippen LogP contribution is -2.45. The predicted molar refractivity (Wildman–Crippen MR) is 122 cm³/mol. The van der Waals surface area contributed by atoms with Crippen molar-refractivity contribution in [1.82, 2.24) is 19.9 Å². The summed E-state index contributed by atoms with van der Waals surface area (Å²) in [5.41, 5.74) is 6.08. The van der Waals surface area contributed by atoms with Crippen molar-refractivity contribution in [3.63, 3.8) is 0 Å². The number of alkyl carbamates (subject to hydrolysis) is 1. The van der Waals surface area contributed by atoms with Gasteiger partial charge in [-0.3, -0.25) is 0 Å². The molecule has 4 aromatic rings. The molecule has 2 aromatic heterocycles. The Labute approximate surface area is 186 Å². The Morgan fingerprint density at radius 2 is 1.84 bits per heavy atom. The third-order valence-electron chi connectivity index (χ3n) is 6.13. The Morgan fingerprint density at radius 1 is 1.06 bits per heavy atom. The lowest BCUT2D eigenvalue weighted by molar-refractivity contribution is 0.155. The molecule has 1 aliphatic rings. The van der Waals surface area contributed by atoms with Crippen molar-refractivity contribution >= 4 is 17.1 Å². The van der Waals surface area contributed by atoms with Gasteiger partial charge in [0.1, 0.15) is 0 Å². The van der Waals surface area contributed by atoms with Crippen molar-refractivity contribution in [3.8, 4) is 23.0 Å². The molecule has 0 spiro atoms. The first-order valence-electron chi connectivity index (χ1n) is 10.6. The topological polar surface area (TPSA) is 78.3 Å². The van der Waals surface area contributed by atoms with Gasteiger partial charge < -0.3 is 19.4 Å². The normalized spacial score (nSPS) is 17.6. The standard InChI is InChI=1S/C25H24N4O3/c1-31-24-26-15-23-21(27-24)14-22(17-6-4-3-5-7-17)29(23)18-10-8-16(9-11-18)19-12-13-20(19)28-25(30)32-2/h3-11,14-15,19-20H,12-13H2,1-2H3,(H,28,30). The Morgan fingerprint density at radius 3 is 2.50 bits per heavy atom. The lowest BCUT2D eigenvalue weighted by atomic mass is 9.75. The second-order valence-electron chi connectivity index (χ2n) is 7.88. The summed E-state index contributed by atoms with van der Waals surface area (Å²) >= 11 is 0. The van der Waals surface area contributed by atoms with Gasteiger partial charge in [0.25, 0.3) is 0 Å². The Bertz CT molecular complexity index is 1250. The molecule has 1 amide bonds. The van der Waals surface area contributed by atoms with Crippen LogP contribution in [0.15, 0.2) is 66.9 Å². The molecule has 5 rings (SSSR count). The van der Waals surface area contributed by atoms with Gasteiger partial charge in [0.15, 0.2) is 0 Å². The number of benzene rings is 2. The van der Waals surface area contributed by atoms with E-state index < -0.39 is 0 Å². The van der Waals surface area contributed by atoms with E-state index in [2.05, 4.69) is 62.3 Å². The van der Waals surface area contributed by atoms with E-state index in [0.717, 1.165) is 40.8 Å². The molecule has 2 atom stereocenters. The van der Waals surface area contributed by atoms with Gasteiger partial charge in [0, 0.05) is 17.6 Å². The molecular weight excluding hydrogens is 404 g/mol. The van der Waals surface area contributed by atoms with Gasteiger partial charge in [0.05, 0.1) is 37.1 Å². The van der Waals surface area contributed by atoms with Crippen LogP contribution in [-0.2, 0) is 4.74 Å². The summed E-state index contributed by atoms with van der Waals surface area (Å²) in [4.78, 5) is 20.4. The number of ether oxygens (including phenoxy) is 2. The van der Waals surface area contributed by atoms with Crippen LogP contribution in [0.4, 0.5) is 4.79 Å². The highest BCUT2D eigenvalue weighted by Crippen LogP contribution is 2.38. The zero-order chi connectivity index (χ0) is 22.1. The number of carbonyl (C=O) groups excluding carboxylic acids is 1. The van der Waals surface area contributed by atoms with Crippen LogP contribution in [0.1, 0.15) is 24.3 Å². The number of hydrogen-bond acceptors (Lipinski definition) is 5. The minimum Gasteiger partial charge on any atom is -0.467 e. The third kappa shape index (κ3) is 3.56. The van der Waals surface area contributed by atoms with E-state index in [-0.39, 0.29) is 12.1 Å². The highest BCUT2D eigenvalue weighted by Gasteiger charge is 2.33. The number of carbonyl (C=O) groups is 1. The maximum Gasteiger partial charge on any atom is 0.407 e. The average molecular weight is 428 g/mol. The molecule has 32 heavy (non-hydrogen) atoms. The van der Waals surface area contributed by atoms with E-state index >= 15 is 0 Å². The molecule has 1 fully saturated rings. The first-order valence-corrected chi connectivity index (χ1v) is 10.6. The van der Waals surface area contributed by atoms with E-state index in [4.69, 9.17) is 9.47 Å². The van der Waals surface area contributed by atoms with Crippen molar-refractivity contribution in [2.75, 3.05) is 14.2 Å². The van der Waals surface area contributed by atoms with Gasteiger partial charge in [-0.2, -0.15) is 4.98 Å². The van der Waals surface area contributed by atoms with Crippen LogP contribution in [-0.4, -0.2) is 40.9 Å². The molecule has 0 aliphatic heterocycles. The second-order valence-corrected chi connectivity index (χ2v) is 7.88. The first-order chi connectivity index (χ1) is 15.7. The van der Waals surface area contributed by atoms with E-state index in [0.29, 0.717) is 11.9 Å². The largest absolute Gasteiger partial charge is 0.467 e. The summed E-state index contributed by atoms with van der Waals surface area (Å²) in [7, 11) is 2.96. The zero-order valence-electron chi connectivity index (χ0n) is 18.0. The van der Waals surface area contributed by atoms with Crippen LogP contribution in [0, 0.1) is 0 Å². The van der Waals surface area contributed by atoms with Gasteiger partial charge in [0.2, 0.25) is 0 Å². The maximum absolute atomic E-state index is 11.6. The summed E-state index contributed by atoms with van der Waals surface area (Å²) in [5.74, 6) is 0.297. The zero-order valence-corrected chi connectivity index (χ0v) is 18.0. The average Bonchev–Trinajstić information content (AvgIpc) is 3.21. The summed E-state index contributed by atoms with van der Waals surface area (Å²) in [6.07, 6.45) is 3.42. The molecule has 1 aliphatic carbocycles. The molecule has 1 saturated carbocycles. The Kier molecular flexibility index (Phi) is 5.23. The summed E-state index contributed by atoms with van der Waals surface area (Å²) in [6, 6.07) is 21.2.